The van der Waals surface area contributed by atoms with Crippen molar-refractivity contribution in [1.82, 2.24) is 9.13 Å². The minimum absolute atomic E-state index is 0.114. The second kappa shape index (κ2) is 12.5. The first-order chi connectivity index (χ1) is 20.6. The number of rotatable bonds is 8. The molecule has 1 radical (unpaired) electrons. The van der Waals surface area contributed by atoms with E-state index in [9.17, 15) is 27.2 Å². The first kappa shape index (κ1) is 30.2. The molecule has 1 aromatic heterocycles. The Bertz CT molecular complexity index is 1730. The van der Waals surface area contributed by atoms with Crippen LogP contribution < -0.4 is 16.0 Å². The molecule has 1 aliphatic heterocycles. The molecule has 6 nitrogen and oxygen atoms in total. The maximum Gasteiger partial charge on any atom is 0.416 e. The number of aromatic nitrogens is 2. The highest BCUT2D eigenvalue weighted by molar-refractivity contribution is 5.67. The quantitative estimate of drug-likeness (QED) is 0.228. The summed E-state index contributed by atoms with van der Waals surface area (Å²) in [5.41, 5.74) is -3.74. The summed E-state index contributed by atoms with van der Waals surface area (Å²) in [5.74, 6) is -2.15. The third-order valence-corrected chi connectivity index (χ3v) is 7.43. The van der Waals surface area contributed by atoms with Crippen LogP contribution in [0.4, 0.5) is 22.0 Å². The van der Waals surface area contributed by atoms with Crippen LogP contribution in [-0.2, 0) is 24.0 Å². The molecule has 0 saturated carbocycles. The number of nitrogens with zero attached hydrogens (tertiary/aromatic N) is 2. The molecule has 1 saturated heterocycles. The molecule has 0 unspecified atom stereocenters. The smallest absolute Gasteiger partial charge is 0.416 e. The number of halogens is 5. The van der Waals surface area contributed by atoms with Crippen molar-refractivity contribution >= 4 is 0 Å². The van der Waals surface area contributed by atoms with E-state index in [0.29, 0.717) is 31.6 Å². The summed E-state index contributed by atoms with van der Waals surface area (Å²) in [7, 11) is 0. The molecule has 0 spiro atoms. The Hall–Kier alpha value is -4.25. The van der Waals surface area contributed by atoms with Gasteiger partial charge >= 0.3 is 11.9 Å². The van der Waals surface area contributed by atoms with Crippen molar-refractivity contribution in [3.05, 3.63) is 128 Å². The standard InChI is InChI=1S/C32H28F5N2O4/c1-20-28(23-9-5-12-27(29(23)34)43-22-14-17-42-18-15-22)30(40)38(16-13-21-7-3-2-4-8-21)31(41)39(20)19-24-25(32(35,36)37)10-6-11-26(24)33/h2-13,22H,14-19H2,1H3. The van der Waals surface area contributed by atoms with E-state index in [2.05, 4.69) is 0 Å². The molecule has 1 fully saturated rings. The predicted octanol–water partition coefficient (Wildman–Crippen LogP) is 6.14. The van der Waals surface area contributed by atoms with Gasteiger partial charge in [0.25, 0.3) is 5.56 Å². The van der Waals surface area contributed by atoms with Crippen LogP contribution in [0.3, 0.4) is 0 Å². The van der Waals surface area contributed by atoms with Gasteiger partial charge in [-0.1, -0.05) is 48.5 Å². The molecule has 0 bridgehead atoms. The van der Waals surface area contributed by atoms with E-state index < -0.39 is 46.7 Å². The summed E-state index contributed by atoms with van der Waals surface area (Å²) in [6.45, 7) is 1.12. The average Bonchev–Trinajstić information content (AvgIpc) is 2.98. The molecule has 0 amide bonds. The van der Waals surface area contributed by atoms with Crippen LogP contribution in [0.25, 0.3) is 11.1 Å². The molecule has 3 aromatic carbocycles. The fourth-order valence-corrected chi connectivity index (χ4v) is 5.16. The topological polar surface area (TPSA) is 62.5 Å². The molecular weight excluding hydrogens is 571 g/mol. The lowest BCUT2D eigenvalue weighted by Gasteiger charge is -2.24. The predicted molar refractivity (Wildman–Crippen MR) is 150 cm³/mol. The number of ether oxygens (including phenoxy) is 2. The normalized spacial score (nSPS) is 14.2. The Morgan fingerprint density at radius 3 is 2.33 bits per heavy atom. The van der Waals surface area contributed by atoms with Crippen molar-refractivity contribution < 1.29 is 31.4 Å². The van der Waals surface area contributed by atoms with E-state index >= 15 is 4.39 Å². The van der Waals surface area contributed by atoms with Gasteiger partial charge in [0.05, 0.1) is 30.9 Å². The van der Waals surface area contributed by atoms with Gasteiger partial charge in [0, 0.05) is 42.6 Å². The zero-order chi connectivity index (χ0) is 30.7. The summed E-state index contributed by atoms with van der Waals surface area (Å²) in [5, 5.41) is 0. The van der Waals surface area contributed by atoms with Crippen LogP contribution in [0.5, 0.6) is 5.75 Å². The van der Waals surface area contributed by atoms with Gasteiger partial charge in [-0.25, -0.2) is 13.6 Å². The maximum atomic E-state index is 16.0. The first-order valence-electron chi connectivity index (χ1n) is 13.7. The molecule has 4 aromatic rings. The molecule has 11 heteroatoms. The monoisotopic (exact) mass is 599 g/mol. The average molecular weight is 600 g/mol. The van der Waals surface area contributed by atoms with E-state index in [1.165, 1.54) is 25.1 Å². The summed E-state index contributed by atoms with van der Waals surface area (Å²) < 4.78 is 85.2. The van der Waals surface area contributed by atoms with Crippen LogP contribution in [0, 0.1) is 25.0 Å². The molecule has 2 heterocycles. The largest absolute Gasteiger partial charge is 0.487 e. The van der Waals surface area contributed by atoms with Crippen LogP contribution in [-0.4, -0.2) is 28.5 Å². The van der Waals surface area contributed by atoms with Gasteiger partial charge < -0.3 is 9.47 Å². The summed E-state index contributed by atoms with van der Waals surface area (Å²) >= 11 is 0. The van der Waals surface area contributed by atoms with Crippen LogP contribution in [0.15, 0.2) is 76.3 Å². The second-order valence-electron chi connectivity index (χ2n) is 10.2. The molecule has 43 heavy (non-hydrogen) atoms. The van der Waals surface area contributed by atoms with Crippen LogP contribution in [0.1, 0.15) is 35.2 Å². The molecular formula is C32H28F5N2O4. The van der Waals surface area contributed by atoms with Crippen molar-refractivity contribution in [2.24, 2.45) is 0 Å². The Labute approximate surface area is 243 Å². The Morgan fingerprint density at radius 1 is 0.930 bits per heavy atom. The lowest BCUT2D eigenvalue weighted by Crippen LogP contribution is -2.42. The third kappa shape index (κ3) is 6.41. The van der Waals surface area contributed by atoms with E-state index in [1.54, 1.807) is 36.8 Å². The van der Waals surface area contributed by atoms with Crippen LogP contribution >= 0.6 is 0 Å². The van der Waals surface area contributed by atoms with Crippen molar-refractivity contribution in [2.75, 3.05) is 13.2 Å². The van der Waals surface area contributed by atoms with E-state index in [-0.39, 0.29) is 35.2 Å². The maximum absolute atomic E-state index is 16.0. The van der Waals surface area contributed by atoms with Gasteiger partial charge in [0.15, 0.2) is 11.6 Å². The molecule has 0 aliphatic carbocycles. The van der Waals surface area contributed by atoms with E-state index in [1.807, 2.05) is 0 Å². The second-order valence-corrected chi connectivity index (χ2v) is 10.2. The zero-order valence-electron chi connectivity index (χ0n) is 23.2. The first-order valence-corrected chi connectivity index (χ1v) is 13.7. The number of benzene rings is 3. The zero-order valence-corrected chi connectivity index (χ0v) is 23.2. The highest BCUT2D eigenvalue weighted by Crippen LogP contribution is 2.34. The summed E-state index contributed by atoms with van der Waals surface area (Å²) in [6.07, 6.45) is -2.56. The lowest BCUT2D eigenvalue weighted by molar-refractivity contribution is -0.138. The van der Waals surface area contributed by atoms with Crippen molar-refractivity contribution in [3.8, 4) is 16.9 Å². The Balaban J connectivity index is 1.67. The SMILES string of the molecule is Cc1c(-c2cccc(OC3CCOCC3)c2F)c(=O)n(C[CH]c2ccccc2)c(=O)n1Cc1c(F)cccc1C(F)(F)F. The molecule has 0 atom stereocenters. The van der Waals surface area contributed by atoms with Gasteiger partial charge in [-0.15, -0.1) is 0 Å². The molecule has 0 N–H and O–H groups in total. The fraction of sp³-hybridized carbons (Fsp3) is 0.281. The van der Waals surface area contributed by atoms with Crippen molar-refractivity contribution in [3.63, 3.8) is 0 Å². The fourth-order valence-electron chi connectivity index (χ4n) is 5.16. The van der Waals surface area contributed by atoms with Gasteiger partial charge in [-0.3, -0.25) is 13.9 Å². The van der Waals surface area contributed by atoms with Gasteiger partial charge in [-0.05, 0) is 30.7 Å². The molecule has 5 rings (SSSR count). The van der Waals surface area contributed by atoms with Crippen molar-refractivity contribution in [2.45, 2.75) is 45.1 Å². The van der Waals surface area contributed by atoms with Crippen molar-refractivity contribution in [1.29, 1.82) is 0 Å². The summed E-state index contributed by atoms with van der Waals surface area (Å²) in [6, 6.07) is 15.5. The number of alkyl halides is 3. The highest BCUT2D eigenvalue weighted by Gasteiger charge is 2.35. The third-order valence-electron chi connectivity index (χ3n) is 7.43. The number of hydrogen-bond acceptors (Lipinski definition) is 4. The van der Waals surface area contributed by atoms with Gasteiger partial charge in [0.1, 0.15) is 11.9 Å². The van der Waals surface area contributed by atoms with Crippen LogP contribution in [0.2, 0.25) is 0 Å². The van der Waals surface area contributed by atoms with E-state index in [4.69, 9.17) is 9.47 Å². The highest BCUT2D eigenvalue weighted by atomic mass is 19.4. The summed E-state index contributed by atoms with van der Waals surface area (Å²) in [4.78, 5) is 27.5. The molecule has 1 aliphatic rings. The van der Waals surface area contributed by atoms with Gasteiger partial charge in [0.2, 0.25) is 0 Å². The molecule has 225 valence electrons. The lowest BCUT2D eigenvalue weighted by atomic mass is 10.0. The minimum Gasteiger partial charge on any atom is -0.487 e. The van der Waals surface area contributed by atoms with Gasteiger partial charge in [-0.2, -0.15) is 13.2 Å². The van der Waals surface area contributed by atoms with E-state index in [0.717, 1.165) is 27.3 Å². The Kier molecular flexibility index (Phi) is 8.82. The Morgan fingerprint density at radius 2 is 1.63 bits per heavy atom. The minimum atomic E-state index is -4.91. The number of hydrogen-bond donors (Lipinski definition) is 0.